The van der Waals surface area contributed by atoms with E-state index in [1.165, 1.54) is 35.1 Å². The van der Waals surface area contributed by atoms with Crippen molar-refractivity contribution in [2.75, 3.05) is 13.2 Å². The van der Waals surface area contributed by atoms with Gasteiger partial charge in [0, 0.05) is 12.5 Å². The number of allylic oxidation sites excluding steroid dienone is 2. The van der Waals surface area contributed by atoms with Gasteiger partial charge in [-0.2, -0.15) is 0 Å². The zero-order valence-electron chi connectivity index (χ0n) is 21.5. The molecule has 3 N–H and O–H groups in total. The number of benzene rings is 2. The largest absolute Gasteiger partial charge is 0.479 e. The van der Waals surface area contributed by atoms with Crippen LogP contribution in [0.1, 0.15) is 76.0 Å². The lowest BCUT2D eigenvalue weighted by Crippen LogP contribution is -2.39. The Kier molecular flexibility index (Phi) is 7.08. The van der Waals surface area contributed by atoms with Crippen LogP contribution in [-0.2, 0) is 20.4 Å². The molecule has 4 heteroatoms. The van der Waals surface area contributed by atoms with Crippen molar-refractivity contribution in [3.8, 4) is 11.1 Å². The second-order valence-corrected chi connectivity index (χ2v) is 11.3. The smallest absolute Gasteiger partial charge is 0.344 e. The van der Waals surface area contributed by atoms with Gasteiger partial charge in [-0.15, -0.1) is 0 Å². The highest BCUT2D eigenvalue weighted by molar-refractivity contribution is 5.83. The summed E-state index contributed by atoms with van der Waals surface area (Å²) in [7, 11) is 0. The van der Waals surface area contributed by atoms with Crippen LogP contribution in [-0.4, -0.2) is 29.8 Å². The molecule has 2 aromatic carbocycles. The minimum absolute atomic E-state index is 0.00284. The van der Waals surface area contributed by atoms with E-state index in [0.717, 1.165) is 18.4 Å². The lowest BCUT2D eigenvalue weighted by atomic mass is 9.63. The standard InChI is InChI=1S/C31H39NO3/c1-29(2)16-17-30(3,4)27-21-25(10-11-26(27)29)24-9-7-8-23(20-24)22-12-14-31(15-13-22,28(33)34)35-19-6-5-18-32/h7-15,20-22H,5-6,16-19,32H2,1-4H3,(H,33,34). The zero-order valence-corrected chi connectivity index (χ0v) is 21.5. The molecule has 0 saturated heterocycles. The first-order valence-corrected chi connectivity index (χ1v) is 12.8. The Hall–Kier alpha value is -2.69. The van der Waals surface area contributed by atoms with E-state index in [2.05, 4.69) is 70.2 Å². The summed E-state index contributed by atoms with van der Waals surface area (Å²) in [6.45, 7) is 10.3. The minimum Gasteiger partial charge on any atom is -0.479 e. The molecule has 0 heterocycles. The van der Waals surface area contributed by atoms with Gasteiger partial charge in [0.15, 0.2) is 0 Å². The molecular formula is C31H39NO3. The summed E-state index contributed by atoms with van der Waals surface area (Å²) in [4.78, 5) is 12.0. The molecule has 0 atom stereocenters. The van der Waals surface area contributed by atoms with Gasteiger partial charge in [0.05, 0.1) is 0 Å². The van der Waals surface area contributed by atoms with Crippen molar-refractivity contribution < 1.29 is 14.6 Å². The quantitative estimate of drug-likeness (QED) is 0.339. The Bertz CT molecular complexity index is 1130. The van der Waals surface area contributed by atoms with E-state index in [4.69, 9.17) is 10.5 Å². The van der Waals surface area contributed by atoms with Crippen molar-refractivity contribution in [3.05, 3.63) is 83.5 Å². The number of carboxylic acids is 1. The highest BCUT2D eigenvalue weighted by atomic mass is 16.5. The van der Waals surface area contributed by atoms with E-state index >= 15 is 0 Å². The number of carboxylic acid groups (broad SMARTS) is 1. The highest BCUT2D eigenvalue weighted by Crippen LogP contribution is 2.47. The van der Waals surface area contributed by atoms with Crippen LogP contribution >= 0.6 is 0 Å². The third-order valence-corrected chi connectivity index (χ3v) is 7.83. The summed E-state index contributed by atoms with van der Waals surface area (Å²) in [5.41, 5.74) is 10.9. The van der Waals surface area contributed by atoms with Crippen LogP contribution in [0.2, 0.25) is 0 Å². The van der Waals surface area contributed by atoms with Gasteiger partial charge in [-0.3, -0.25) is 0 Å². The molecule has 0 amide bonds. The minimum atomic E-state index is -1.40. The summed E-state index contributed by atoms with van der Waals surface area (Å²) in [6.07, 6.45) is 11.2. The monoisotopic (exact) mass is 473 g/mol. The van der Waals surface area contributed by atoms with Crippen molar-refractivity contribution >= 4 is 5.97 Å². The molecule has 4 rings (SSSR count). The number of aliphatic carboxylic acids is 1. The number of unbranched alkanes of at least 4 members (excludes halogenated alkanes) is 1. The number of ether oxygens (including phenoxy) is 1. The first kappa shape index (κ1) is 25.4. The van der Waals surface area contributed by atoms with E-state index in [9.17, 15) is 9.90 Å². The van der Waals surface area contributed by atoms with E-state index in [1.807, 2.05) is 12.2 Å². The maximum Gasteiger partial charge on any atom is 0.344 e. The molecule has 0 radical (unpaired) electrons. The van der Waals surface area contributed by atoms with Crippen LogP contribution in [0.5, 0.6) is 0 Å². The molecule has 2 aliphatic rings. The molecule has 0 spiro atoms. The molecule has 0 saturated carbocycles. The van der Waals surface area contributed by atoms with Crippen LogP contribution in [0.15, 0.2) is 66.8 Å². The van der Waals surface area contributed by atoms with Crippen molar-refractivity contribution in [1.82, 2.24) is 0 Å². The fourth-order valence-electron chi connectivity index (χ4n) is 5.32. The number of hydrogen-bond donors (Lipinski definition) is 2. The average molecular weight is 474 g/mol. The summed E-state index contributed by atoms with van der Waals surface area (Å²) in [5, 5.41) is 9.82. The maximum atomic E-state index is 12.0. The maximum absolute atomic E-state index is 12.0. The third-order valence-electron chi connectivity index (χ3n) is 7.83. The second kappa shape index (κ2) is 9.75. The van der Waals surface area contributed by atoms with Crippen LogP contribution in [0.25, 0.3) is 11.1 Å². The Morgan fingerprint density at radius 3 is 2.26 bits per heavy atom. The fourth-order valence-corrected chi connectivity index (χ4v) is 5.32. The summed E-state index contributed by atoms with van der Waals surface area (Å²) >= 11 is 0. The van der Waals surface area contributed by atoms with Gasteiger partial charge >= 0.3 is 5.97 Å². The SMILES string of the molecule is CC1(C)CCC(C)(C)c2cc(-c3cccc(C4C=CC(OCCCCN)(C(=O)O)C=C4)c3)ccc21. The van der Waals surface area contributed by atoms with E-state index in [-0.39, 0.29) is 16.7 Å². The molecule has 0 unspecified atom stereocenters. The van der Waals surface area contributed by atoms with E-state index in [1.54, 1.807) is 12.2 Å². The van der Waals surface area contributed by atoms with E-state index in [0.29, 0.717) is 13.2 Å². The zero-order chi connectivity index (χ0) is 25.3. The molecule has 2 aliphatic carbocycles. The summed E-state index contributed by atoms with van der Waals surface area (Å²) < 4.78 is 5.77. The Balaban J connectivity index is 1.59. The number of nitrogens with two attached hydrogens (primary N) is 1. The number of rotatable bonds is 8. The van der Waals surface area contributed by atoms with Crippen molar-refractivity contribution in [2.45, 2.75) is 75.7 Å². The Morgan fingerprint density at radius 2 is 1.60 bits per heavy atom. The average Bonchev–Trinajstić information content (AvgIpc) is 2.85. The Labute approximate surface area is 209 Å². The van der Waals surface area contributed by atoms with Crippen LogP contribution in [0.4, 0.5) is 0 Å². The summed E-state index contributed by atoms with van der Waals surface area (Å²) in [5.74, 6) is -0.993. The fraction of sp³-hybridized carbons (Fsp3) is 0.452. The highest BCUT2D eigenvalue weighted by Gasteiger charge is 2.38. The molecule has 4 nitrogen and oxygen atoms in total. The topological polar surface area (TPSA) is 72.5 Å². The molecule has 0 aromatic heterocycles. The molecule has 2 aromatic rings. The van der Waals surface area contributed by atoms with Gasteiger partial charge in [0.1, 0.15) is 0 Å². The predicted molar refractivity (Wildman–Crippen MR) is 143 cm³/mol. The van der Waals surface area contributed by atoms with Crippen molar-refractivity contribution in [2.24, 2.45) is 5.73 Å². The normalized spacial score (nSPS) is 24.2. The molecule has 0 fully saturated rings. The number of fused-ring (bicyclic) bond motifs is 1. The van der Waals surface area contributed by atoms with Crippen molar-refractivity contribution in [1.29, 1.82) is 0 Å². The van der Waals surface area contributed by atoms with Crippen LogP contribution in [0.3, 0.4) is 0 Å². The first-order chi connectivity index (χ1) is 16.6. The van der Waals surface area contributed by atoms with E-state index < -0.39 is 11.6 Å². The first-order valence-electron chi connectivity index (χ1n) is 12.8. The molecule has 35 heavy (non-hydrogen) atoms. The molecular weight excluding hydrogens is 434 g/mol. The van der Waals surface area contributed by atoms with Gasteiger partial charge in [0.2, 0.25) is 5.60 Å². The molecule has 186 valence electrons. The lowest BCUT2D eigenvalue weighted by molar-refractivity contribution is -0.154. The van der Waals surface area contributed by atoms with Crippen molar-refractivity contribution in [3.63, 3.8) is 0 Å². The molecule has 0 aliphatic heterocycles. The third kappa shape index (κ3) is 5.14. The lowest BCUT2D eigenvalue weighted by Gasteiger charge is -2.42. The summed E-state index contributed by atoms with van der Waals surface area (Å²) in [6, 6.07) is 15.5. The van der Waals surface area contributed by atoms with Crippen LogP contribution in [0, 0.1) is 0 Å². The van der Waals surface area contributed by atoms with Gasteiger partial charge in [-0.05, 0) is 83.0 Å². The predicted octanol–water partition coefficient (Wildman–Crippen LogP) is 6.49. The number of hydrogen-bond acceptors (Lipinski definition) is 3. The van der Waals surface area contributed by atoms with Gasteiger partial charge in [-0.25, -0.2) is 4.79 Å². The van der Waals surface area contributed by atoms with Gasteiger partial charge < -0.3 is 15.6 Å². The van der Waals surface area contributed by atoms with Crippen LogP contribution < -0.4 is 5.73 Å². The number of carbonyl (C=O) groups is 1. The Morgan fingerprint density at radius 1 is 0.943 bits per heavy atom. The second-order valence-electron chi connectivity index (χ2n) is 11.3. The van der Waals surface area contributed by atoms with Gasteiger partial charge in [0.25, 0.3) is 0 Å². The molecule has 0 bridgehead atoms. The van der Waals surface area contributed by atoms with Gasteiger partial charge in [-0.1, -0.05) is 82.3 Å².